The molecule has 1 aliphatic rings. The molecule has 3 rings (SSSR count). The van der Waals surface area contributed by atoms with Gasteiger partial charge < -0.3 is 5.32 Å². The van der Waals surface area contributed by atoms with Gasteiger partial charge in [0.05, 0.1) is 5.69 Å². The molecule has 1 aliphatic heterocycles. The predicted molar refractivity (Wildman–Crippen MR) is 134 cm³/mol. The molecule has 0 aromatic heterocycles. The number of alkyl halides is 4. The van der Waals surface area contributed by atoms with Gasteiger partial charge in [-0.15, -0.1) is 11.6 Å². The maximum Gasteiger partial charge on any atom is 0.337 e. The number of halogens is 7. The Balaban J connectivity index is 2.10. The summed E-state index contributed by atoms with van der Waals surface area (Å²) >= 11 is 31.1. The maximum atomic E-state index is 14.5. The fourth-order valence-electron chi connectivity index (χ4n) is 2.77. The molecule has 170 valence electrons. The number of nitrogens with one attached hydrogen (secondary N) is 1. The van der Waals surface area contributed by atoms with E-state index >= 15 is 0 Å². The third-order valence-corrected chi connectivity index (χ3v) is 7.85. The molecular weight excluding hydrogens is 637 g/mol. The summed E-state index contributed by atoms with van der Waals surface area (Å²) in [5.41, 5.74) is 0.371. The van der Waals surface area contributed by atoms with Gasteiger partial charge in [-0.2, -0.15) is 0 Å². The fraction of sp³-hybridized carbons (Fsp3) is 0.211. The predicted octanol–water partition coefficient (Wildman–Crippen LogP) is 6.56. The number of benzene rings is 2. The molecule has 0 radical (unpaired) electrons. The smallest absolute Gasteiger partial charge is 0.337 e. The Bertz CT molecular complexity index is 1100. The van der Waals surface area contributed by atoms with Crippen molar-refractivity contribution in [2.24, 2.45) is 4.99 Å². The number of hydrogen-bond donors (Lipinski definition) is 1. The molecule has 0 aliphatic carbocycles. The Labute approximate surface area is 219 Å². The molecule has 6 nitrogen and oxygen atoms in total. The Morgan fingerprint density at radius 1 is 1.09 bits per heavy atom. The quantitative estimate of drug-likeness (QED) is 0.295. The highest BCUT2D eigenvalue weighted by Crippen LogP contribution is 2.38. The van der Waals surface area contributed by atoms with Gasteiger partial charge in [0.25, 0.3) is 5.91 Å². The molecule has 0 saturated carbocycles. The van der Waals surface area contributed by atoms with Crippen molar-refractivity contribution >= 4 is 107 Å². The molecule has 1 fully saturated rings. The average Bonchev–Trinajstić information content (AvgIpc) is 2.93. The lowest BCUT2D eigenvalue weighted by Gasteiger charge is -2.27. The third-order valence-electron chi connectivity index (χ3n) is 4.36. The average molecular weight is 650 g/mol. The topological polar surface area (TPSA) is 65.0 Å². The zero-order valence-corrected chi connectivity index (χ0v) is 22.2. The Hall–Kier alpha value is -1.10. The van der Waals surface area contributed by atoms with E-state index in [-0.39, 0.29) is 11.5 Å². The van der Waals surface area contributed by atoms with E-state index in [9.17, 15) is 14.0 Å². The summed E-state index contributed by atoms with van der Waals surface area (Å²) in [5, 5.41) is 1.71. The number of amidine groups is 1. The zero-order chi connectivity index (χ0) is 23.8. The van der Waals surface area contributed by atoms with Crippen molar-refractivity contribution in [3.63, 3.8) is 0 Å². The summed E-state index contributed by atoms with van der Waals surface area (Å²) in [4.78, 5) is 31.5. The summed E-state index contributed by atoms with van der Waals surface area (Å²) in [6, 6.07) is 9.85. The molecule has 2 unspecified atom stereocenters. The number of para-hydroxylation sites is 1. The lowest BCUT2D eigenvalue weighted by atomic mass is 10.2. The minimum Gasteiger partial charge on any atom is -0.362 e. The molecule has 2 aromatic carbocycles. The van der Waals surface area contributed by atoms with Gasteiger partial charge in [-0.3, -0.25) is 9.69 Å². The summed E-state index contributed by atoms with van der Waals surface area (Å²) in [7, 11) is 1.25. The van der Waals surface area contributed by atoms with Crippen LogP contribution in [0, 0.1) is 5.82 Å². The van der Waals surface area contributed by atoms with Gasteiger partial charge >= 0.3 is 6.03 Å². The van der Waals surface area contributed by atoms with E-state index < -0.39 is 33.1 Å². The van der Waals surface area contributed by atoms with Gasteiger partial charge in [-0.1, -0.05) is 46.9 Å². The molecule has 2 aromatic rings. The lowest BCUT2D eigenvalue weighted by molar-refractivity contribution is -0.119. The van der Waals surface area contributed by atoms with Crippen molar-refractivity contribution in [2.45, 2.75) is 15.3 Å². The molecule has 1 N–H and O–H groups in total. The lowest BCUT2D eigenvalue weighted by Crippen LogP contribution is -2.40. The van der Waals surface area contributed by atoms with Crippen LogP contribution in [0.2, 0.25) is 0 Å². The van der Waals surface area contributed by atoms with E-state index in [1.807, 2.05) is 0 Å². The number of rotatable bonds is 5. The number of nitrogens with zero attached hydrogens (tertiary/aromatic N) is 3. The highest BCUT2D eigenvalue weighted by Gasteiger charge is 2.45. The van der Waals surface area contributed by atoms with E-state index in [0.717, 1.165) is 20.3 Å². The van der Waals surface area contributed by atoms with Gasteiger partial charge in [0.1, 0.15) is 17.4 Å². The Morgan fingerprint density at radius 2 is 1.75 bits per heavy atom. The van der Waals surface area contributed by atoms with Crippen LogP contribution in [0.5, 0.6) is 0 Å². The number of aliphatic imine (C=N–C) groups is 1. The van der Waals surface area contributed by atoms with Gasteiger partial charge in [0.2, 0.25) is 9.63 Å². The van der Waals surface area contributed by atoms with Crippen molar-refractivity contribution < 1.29 is 14.0 Å². The SMILES string of the molecule is CN1C(=O)C(=NC(Nc2ccc(Br)c(Br)c2)C(Cl)C(Cl)(Cl)Cl)N(c2ccccc2F)C1=O. The number of carbonyl (C=O) groups excluding carboxylic acids is 2. The van der Waals surface area contributed by atoms with Crippen LogP contribution in [0.25, 0.3) is 0 Å². The summed E-state index contributed by atoms with van der Waals surface area (Å²) in [6.07, 6.45) is -1.19. The Kier molecular flexibility index (Phi) is 8.00. The number of carbonyl (C=O) groups is 2. The molecule has 1 saturated heterocycles. The van der Waals surface area contributed by atoms with Gasteiger partial charge in [0, 0.05) is 21.7 Å². The molecule has 32 heavy (non-hydrogen) atoms. The number of urea groups is 1. The second-order valence-corrected chi connectivity index (χ2v) is 11.1. The van der Waals surface area contributed by atoms with E-state index in [1.165, 1.54) is 25.2 Å². The number of imide groups is 1. The van der Waals surface area contributed by atoms with Gasteiger partial charge in [-0.05, 0) is 62.2 Å². The van der Waals surface area contributed by atoms with Crippen LogP contribution in [0.1, 0.15) is 0 Å². The summed E-state index contributed by atoms with van der Waals surface area (Å²) < 4.78 is 14.0. The van der Waals surface area contributed by atoms with Crippen LogP contribution in [0.4, 0.5) is 20.6 Å². The van der Waals surface area contributed by atoms with Crippen LogP contribution < -0.4 is 10.2 Å². The van der Waals surface area contributed by atoms with Gasteiger partial charge in [0.15, 0.2) is 0 Å². The maximum absolute atomic E-state index is 14.5. The largest absolute Gasteiger partial charge is 0.362 e. The number of hydrogen-bond acceptors (Lipinski definition) is 4. The van der Waals surface area contributed by atoms with E-state index in [0.29, 0.717) is 10.2 Å². The normalized spacial score (nSPS) is 17.8. The molecule has 13 heteroatoms. The fourth-order valence-corrected chi connectivity index (χ4v) is 3.88. The van der Waals surface area contributed by atoms with Crippen LogP contribution in [-0.2, 0) is 4.79 Å². The van der Waals surface area contributed by atoms with E-state index in [1.54, 1.807) is 18.2 Å². The highest BCUT2D eigenvalue weighted by atomic mass is 79.9. The zero-order valence-electron chi connectivity index (χ0n) is 16.0. The minimum atomic E-state index is -1.99. The molecule has 1 heterocycles. The molecular formula is C19H13Br2Cl4FN4O2. The third kappa shape index (κ3) is 5.34. The summed E-state index contributed by atoms with van der Waals surface area (Å²) in [6.45, 7) is 0. The molecule has 3 amide bonds. The van der Waals surface area contributed by atoms with Crippen molar-refractivity contribution in [2.75, 3.05) is 17.3 Å². The Morgan fingerprint density at radius 3 is 2.34 bits per heavy atom. The second-order valence-electron chi connectivity index (χ2n) is 6.55. The molecule has 0 bridgehead atoms. The first-order valence-electron chi connectivity index (χ1n) is 8.78. The van der Waals surface area contributed by atoms with Crippen LogP contribution in [-0.4, -0.2) is 45.1 Å². The number of anilines is 2. The standard InChI is InChI=1S/C19H13Br2Cl4FN4O2/c1-29-17(31)16(30(18(29)32)13-5-3-2-4-12(13)26)28-15(14(22)19(23,24)25)27-9-6-7-10(20)11(21)8-9/h2-8,14-15,27H,1H3. The second kappa shape index (κ2) is 10.0. The first kappa shape index (κ1) is 25.5. The number of amides is 3. The minimum absolute atomic E-state index is 0.154. The van der Waals surface area contributed by atoms with Gasteiger partial charge in [-0.25, -0.2) is 19.1 Å². The van der Waals surface area contributed by atoms with E-state index in [2.05, 4.69) is 42.2 Å². The van der Waals surface area contributed by atoms with Crippen LogP contribution >= 0.6 is 78.3 Å². The monoisotopic (exact) mass is 646 g/mol. The van der Waals surface area contributed by atoms with Crippen molar-refractivity contribution in [3.05, 3.63) is 57.2 Å². The number of likely N-dealkylation sites (N-methyl/N-ethyl adjacent to an activating group) is 1. The first-order valence-corrected chi connectivity index (χ1v) is 11.9. The van der Waals surface area contributed by atoms with Crippen LogP contribution in [0.3, 0.4) is 0 Å². The van der Waals surface area contributed by atoms with Crippen molar-refractivity contribution in [1.29, 1.82) is 0 Å². The highest BCUT2D eigenvalue weighted by molar-refractivity contribution is 9.13. The van der Waals surface area contributed by atoms with Crippen molar-refractivity contribution in [3.8, 4) is 0 Å². The molecule has 0 spiro atoms. The van der Waals surface area contributed by atoms with Crippen molar-refractivity contribution in [1.82, 2.24) is 4.90 Å². The first-order chi connectivity index (χ1) is 14.9. The van der Waals surface area contributed by atoms with E-state index in [4.69, 9.17) is 46.4 Å². The van der Waals surface area contributed by atoms with Crippen LogP contribution in [0.15, 0.2) is 56.4 Å². The summed E-state index contributed by atoms with van der Waals surface area (Å²) in [5.74, 6) is -1.87. The molecule has 2 atom stereocenters.